The number of hydrogen-bond acceptors (Lipinski definition) is 7. The fraction of sp³-hybridized carbons (Fsp3) is 0.120. The van der Waals surface area contributed by atoms with Gasteiger partial charge in [-0.25, -0.2) is 10.2 Å². The molecule has 0 bridgehead atoms. The van der Waals surface area contributed by atoms with E-state index in [0.717, 1.165) is 0 Å². The molecule has 0 spiro atoms. The number of esters is 1. The number of nitrogens with zero attached hydrogens (tertiary/aromatic N) is 1. The second-order valence-electron chi connectivity index (χ2n) is 7.01. The van der Waals surface area contributed by atoms with Gasteiger partial charge in [-0.3, -0.25) is 9.59 Å². The third kappa shape index (κ3) is 7.31. The third-order valence-corrected chi connectivity index (χ3v) is 4.88. The quantitative estimate of drug-likeness (QED) is 0.203. The molecule has 0 aliphatic heterocycles. The van der Waals surface area contributed by atoms with Crippen LogP contribution in [0.25, 0.3) is 0 Å². The summed E-state index contributed by atoms with van der Waals surface area (Å²) in [7, 11) is 2.99. The zero-order chi connectivity index (χ0) is 25.2. The van der Waals surface area contributed by atoms with Crippen LogP contribution < -0.4 is 25.0 Å². The Hall–Kier alpha value is -4.37. The average Bonchev–Trinajstić information content (AvgIpc) is 2.88. The molecular weight excluding hydrogens is 474 g/mol. The summed E-state index contributed by atoms with van der Waals surface area (Å²) in [5.41, 5.74) is 3.67. The van der Waals surface area contributed by atoms with Crippen LogP contribution in [0.5, 0.6) is 17.2 Å². The van der Waals surface area contributed by atoms with Crippen molar-refractivity contribution < 1.29 is 28.6 Å². The summed E-state index contributed by atoms with van der Waals surface area (Å²) in [5.74, 6) is -0.206. The highest BCUT2D eigenvalue weighted by atomic mass is 35.5. The van der Waals surface area contributed by atoms with Gasteiger partial charge >= 0.3 is 5.97 Å². The second-order valence-corrected chi connectivity index (χ2v) is 7.45. The molecule has 0 saturated heterocycles. The Morgan fingerprint density at radius 2 is 1.54 bits per heavy atom. The minimum Gasteiger partial charge on any atom is -0.493 e. The van der Waals surface area contributed by atoms with Gasteiger partial charge in [0.1, 0.15) is 5.75 Å². The van der Waals surface area contributed by atoms with Crippen LogP contribution in [0.4, 0.5) is 0 Å². The van der Waals surface area contributed by atoms with Gasteiger partial charge in [-0.1, -0.05) is 11.6 Å². The van der Waals surface area contributed by atoms with Crippen LogP contribution in [0.15, 0.2) is 71.8 Å². The Bertz CT molecular complexity index is 1230. The highest BCUT2D eigenvalue weighted by Gasteiger charge is 2.13. The molecule has 0 aliphatic rings. The predicted molar refractivity (Wildman–Crippen MR) is 130 cm³/mol. The fourth-order valence-electron chi connectivity index (χ4n) is 2.83. The predicted octanol–water partition coefficient (Wildman–Crippen LogP) is 3.46. The molecule has 0 saturated carbocycles. The Morgan fingerprint density at radius 1 is 0.886 bits per heavy atom. The Balaban J connectivity index is 1.47. The minimum atomic E-state index is -0.555. The smallest absolute Gasteiger partial charge is 0.343 e. The van der Waals surface area contributed by atoms with E-state index in [1.54, 1.807) is 60.7 Å². The van der Waals surface area contributed by atoms with Crippen LogP contribution in [0.3, 0.4) is 0 Å². The molecule has 3 rings (SSSR count). The standard InChI is InChI=1S/C25H22ClN3O6/c1-33-21-12-7-18(13-22(21)34-2)25(32)35-20-10-3-16(4-11-20)14-28-29-23(30)15-27-24(31)17-5-8-19(26)9-6-17/h3-14H,15H2,1-2H3,(H,27,31)(H,29,30)/b28-14-. The van der Waals surface area contributed by atoms with Crippen LogP contribution in [0.1, 0.15) is 26.3 Å². The number of carbonyl (C=O) groups is 3. The lowest BCUT2D eigenvalue weighted by Gasteiger charge is -2.09. The van der Waals surface area contributed by atoms with Gasteiger partial charge in [0, 0.05) is 10.6 Å². The molecule has 3 aromatic carbocycles. The van der Waals surface area contributed by atoms with Crippen molar-refractivity contribution in [2.24, 2.45) is 5.10 Å². The average molecular weight is 496 g/mol. The summed E-state index contributed by atoms with van der Waals surface area (Å²) in [4.78, 5) is 36.3. The number of ether oxygens (including phenoxy) is 3. The van der Waals surface area contributed by atoms with Gasteiger partial charge in [0.05, 0.1) is 32.5 Å². The lowest BCUT2D eigenvalue weighted by atomic mass is 10.2. The molecule has 0 heterocycles. The second kappa shape index (κ2) is 12.2. The van der Waals surface area contributed by atoms with Crippen molar-refractivity contribution in [3.63, 3.8) is 0 Å². The molecule has 3 aromatic rings. The maximum Gasteiger partial charge on any atom is 0.343 e. The molecule has 0 atom stereocenters. The van der Waals surface area contributed by atoms with Gasteiger partial charge in [0.15, 0.2) is 11.5 Å². The minimum absolute atomic E-state index is 0.246. The highest BCUT2D eigenvalue weighted by Crippen LogP contribution is 2.28. The van der Waals surface area contributed by atoms with Crippen molar-refractivity contribution in [3.05, 3.63) is 88.4 Å². The normalized spacial score (nSPS) is 10.5. The van der Waals surface area contributed by atoms with Gasteiger partial charge in [0.2, 0.25) is 0 Å². The van der Waals surface area contributed by atoms with Crippen molar-refractivity contribution in [1.29, 1.82) is 0 Å². The largest absolute Gasteiger partial charge is 0.493 e. The number of benzene rings is 3. The van der Waals surface area contributed by atoms with E-state index >= 15 is 0 Å². The van der Waals surface area contributed by atoms with E-state index in [9.17, 15) is 14.4 Å². The zero-order valence-corrected chi connectivity index (χ0v) is 19.7. The number of methoxy groups -OCH3 is 2. The van der Waals surface area contributed by atoms with E-state index in [4.69, 9.17) is 25.8 Å². The Morgan fingerprint density at radius 3 is 2.20 bits per heavy atom. The number of hydrazone groups is 1. The molecule has 2 amide bonds. The number of rotatable bonds is 9. The van der Waals surface area contributed by atoms with E-state index in [2.05, 4.69) is 15.8 Å². The SMILES string of the molecule is COc1ccc(C(=O)Oc2ccc(/C=N\NC(=O)CNC(=O)c3ccc(Cl)cc3)cc2)cc1OC. The first-order valence-electron chi connectivity index (χ1n) is 10.3. The van der Waals surface area contributed by atoms with Gasteiger partial charge in [-0.15, -0.1) is 0 Å². The maximum absolute atomic E-state index is 12.4. The molecule has 35 heavy (non-hydrogen) atoms. The molecule has 0 fully saturated rings. The van der Waals surface area contributed by atoms with E-state index in [0.29, 0.717) is 39.0 Å². The molecular formula is C25H22ClN3O6. The molecule has 0 aliphatic carbocycles. The molecule has 0 unspecified atom stereocenters. The van der Waals surface area contributed by atoms with Gasteiger partial charge in [-0.2, -0.15) is 5.10 Å². The first-order chi connectivity index (χ1) is 16.9. The number of amides is 2. The summed E-state index contributed by atoms with van der Waals surface area (Å²) in [6.07, 6.45) is 1.42. The lowest BCUT2D eigenvalue weighted by molar-refractivity contribution is -0.120. The highest BCUT2D eigenvalue weighted by molar-refractivity contribution is 6.30. The molecule has 180 valence electrons. The zero-order valence-electron chi connectivity index (χ0n) is 18.9. The molecule has 2 N–H and O–H groups in total. The lowest BCUT2D eigenvalue weighted by Crippen LogP contribution is -2.34. The van der Waals surface area contributed by atoms with Crippen molar-refractivity contribution >= 4 is 35.6 Å². The van der Waals surface area contributed by atoms with Crippen LogP contribution in [0.2, 0.25) is 5.02 Å². The maximum atomic E-state index is 12.4. The monoisotopic (exact) mass is 495 g/mol. The Labute approximate surface area is 206 Å². The van der Waals surface area contributed by atoms with Gasteiger partial charge < -0.3 is 19.5 Å². The Kier molecular flexibility index (Phi) is 8.80. The first-order valence-corrected chi connectivity index (χ1v) is 10.7. The first kappa shape index (κ1) is 25.3. The summed E-state index contributed by atoms with van der Waals surface area (Å²) in [5, 5.41) is 6.85. The van der Waals surface area contributed by atoms with Gasteiger partial charge in [0.25, 0.3) is 11.8 Å². The van der Waals surface area contributed by atoms with Crippen LogP contribution >= 0.6 is 11.6 Å². The third-order valence-electron chi connectivity index (χ3n) is 4.63. The van der Waals surface area contributed by atoms with Crippen molar-refractivity contribution in [2.75, 3.05) is 20.8 Å². The fourth-order valence-corrected chi connectivity index (χ4v) is 2.96. The van der Waals surface area contributed by atoms with E-state index < -0.39 is 17.8 Å². The van der Waals surface area contributed by atoms with Crippen LogP contribution in [0, 0.1) is 0 Å². The van der Waals surface area contributed by atoms with E-state index in [1.807, 2.05) is 0 Å². The number of nitrogens with one attached hydrogen (secondary N) is 2. The van der Waals surface area contributed by atoms with Crippen molar-refractivity contribution in [1.82, 2.24) is 10.7 Å². The number of halogens is 1. The van der Waals surface area contributed by atoms with E-state index in [1.165, 1.54) is 26.5 Å². The summed E-state index contributed by atoms with van der Waals surface area (Å²) in [6, 6.07) is 17.5. The van der Waals surface area contributed by atoms with Crippen LogP contribution in [-0.4, -0.2) is 44.8 Å². The number of hydrogen-bond donors (Lipinski definition) is 2. The summed E-state index contributed by atoms with van der Waals surface area (Å²) < 4.78 is 15.7. The summed E-state index contributed by atoms with van der Waals surface area (Å²) >= 11 is 5.79. The molecule has 9 nitrogen and oxygen atoms in total. The van der Waals surface area contributed by atoms with Crippen molar-refractivity contribution in [2.45, 2.75) is 0 Å². The topological polar surface area (TPSA) is 115 Å². The molecule has 10 heteroatoms. The summed E-state index contributed by atoms with van der Waals surface area (Å²) in [6.45, 7) is -0.246. The molecule has 0 aromatic heterocycles. The van der Waals surface area contributed by atoms with E-state index in [-0.39, 0.29) is 6.54 Å². The number of carbonyl (C=O) groups excluding carboxylic acids is 3. The molecule has 0 radical (unpaired) electrons. The van der Waals surface area contributed by atoms with Gasteiger partial charge in [-0.05, 0) is 72.3 Å². The van der Waals surface area contributed by atoms with Crippen molar-refractivity contribution in [3.8, 4) is 17.2 Å². The van der Waals surface area contributed by atoms with Crippen LogP contribution in [-0.2, 0) is 4.79 Å².